The third kappa shape index (κ3) is 3.60. The number of rotatable bonds is 5. The lowest BCUT2D eigenvalue weighted by Gasteiger charge is -2.40. The zero-order valence-corrected chi connectivity index (χ0v) is 14.9. The average molecular weight is 343 g/mol. The van der Waals surface area contributed by atoms with Crippen molar-refractivity contribution in [1.29, 1.82) is 0 Å². The second kappa shape index (κ2) is 6.98. The van der Waals surface area contributed by atoms with Gasteiger partial charge >= 0.3 is 0 Å². The van der Waals surface area contributed by atoms with Crippen LogP contribution in [0.5, 0.6) is 0 Å². The Kier molecular flexibility index (Phi) is 4.92. The first kappa shape index (κ1) is 17.6. The summed E-state index contributed by atoms with van der Waals surface area (Å²) in [5.74, 6) is -0.341. The Hall–Kier alpha value is -2.18. The van der Waals surface area contributed by atoms with E-state index in [2.05, 4.69) is 30.6 Å². The topological polar surface area (TPSA) is 61.9 Å². The molecule has 1 N–H and O–H groups in total. The molecule has 6 heteroatoms. The Balaban J connectivity index is 1.56. The van der Waals surface area contributed by atoms with Crippen LogP contribution in [0.3, 0.4) is 0 Å². The zero-order chi connectivity index (χ0) is 18.0. The lowest BCUT2D eigenvalue weighted by Crippen LogP contribution is -2.56. The molecule has 2 heterocycles. The molecule has 134 valence electrons. The van der Waals surface area contributed by atoms with Crippen LogP contribution >= 0.6 is 0 Å². The molecule has 25 heavy (non-hydrogen) atoms. The van der Waals surface area contributed by atoms with Crippen molar-refractivity contribution >= 4 is 17.5 Å². The predicted molar refractivity (Wildman–Crippen MR) is 96.0 cm³/mol. The van der Waals surface area contributed by atoms with Gasteiger partial charge in [0.2, 0.25) is 5.91 Å². The number of nitrogens with zero attached hydrogens (tertiary/aromatic N) is 2. The van der Waals surface area contributed by atoms with Crippen LogP contribution in [0, 0.1) is 0 Å². The van der Waals surface area contributed by atoms with E-state index in [-0.39, 0.29) is 23.9 Å². The van der Waals surface area contributed by atoms with E-state index in [1.165, 1.54) is 4.90 Å². The highest BCUT2D eigenvalue weighted by Gasteiger charge is 2.33. The molecule has 0 spiro atoms. The Bertz CT molecular complexity index is 658. The average Bonchev–Trinajstić information content (AvgIpc) is 2.86. The zero-order valence-electron chi connectivity index (χ0n) is 14.9. The van der Waals surface area contributed by atoms with Crippen LogP contribution in [-0.2, 0) is 9.53 Å². The highest BCUT2D eigenvalue weighted by molar-refractivity contribution is 6.10. The minimum Gasteiger partial charge on any atom is -0.379 e. The number of ether oxygens (including phenoxy) is 1. The van der Waals surface area contributed by atoms with Gasteiger partial charge in [-0.25, -0.2) is 0 Å². The lowest BCUT2D eigenvalue weighted by molar-refractivity contribution is -0.122. The third-order valence-electron chi connectivity index (χ3n) is 4.93. The summed E-state index contributed by atoms with van der Waals surface area (Å²) in [7, 11) is 0. The van der Waals surface area contributed by atoms with Gasteiger partial charge in [0, 0.05) is 42.0 Å². The van der Waals surface area contributed by atoms with Crippen LogP contribution in [0.2, 0.25) is 0 Å². The Morgan fingerprint density at radius 1 is 1.24 bits per heavy atom. The van der Waals surface area contributed by atoms with Crippen LogP contribution in [0.4, 0.5) is 0 Å². The van der Waals surface area contributed by atoms with Crippen molar-refractivity contribution in [2.75, 3.05) is 39.4 Å². The molecule has 0 aromatic heterocycles. The monoisotopic (exact) mass is 343 g/mol. The number of carbonyl (C=O) groups is 2. The molecule has 1 aromatic rings. The quantitative estimate of drug-likeness (QED) is 0.876. The van der Waals surface area contributed by atoms with E-state index in [4.69, 9.17) is 4.74 Å². The van der Waals surface area contributed by atoms with Crippen LogP contribution in [0.15, 0.2) is 30.8 Å². The first-order chi connectivity index (χ1) is 11.9. The smallest absolute Gasteiger partial charge is 0.259 e. The minimum atomic E-state index is -0.177. The number of benzene rings is 1. The van der Waals surface area contributed by atoms with Gasteiger partial charge in [-0.15, -0.1) is 0 Å². The highest BCUT2D eigenvalue weighted by Crippen LogP contribution is 2.30. The normalized spacial score (nSPS) is 18.4. The van der Waals surface area contributed by atoms with Gasteiger partial charge in [0.25, 0.3) is 5.91 Å². The number of fused-ring (bicyclic) bond motifs is 1. The summed E-state index contributed by atoms with van der Waals surface area (Å²) in [6.45, 7) is 11.9. The summed E-state index contributed by atoms with van der Waals surface area (Å²) >= 11 is 0. The first-order valence-corrected chi connectivity index (χ1v) is 8.60. The van der Waals surface area contributed by atoms with Crippen molar-refractivity contribution in [3.8, 4) is 0 Å². The molecular weight excluding hydrogens is 318 g/mol. The molecule has 0 aliphatic carbocycles. The molecule has 0 bridgehead atoms. The third-order valence-corrected chi connectivity index (χ3v) is 4.93. The summed E-state index contributed by atoms with van der Waals surface area (Å²) < 4.78 is 5.38. The van der Waals surface area contributed by atoms with Crippen LogP contribution in [-0.4, -0.2) is 66.5 Å². The summed E-state index contributed by atoms with van der Waals surface area (Å²) in [6, 6.07) is 7.31. The van der Waals surface area contributed by atoms with E-state index in [1.807, 2.05) is 18.2 Å². The molecule has 0 atom stereocenters. The van der Waals surface area contributed by atoms with E-state index in [1.54, 1.807) is 6.07 Å². The fourth-order valence-electron chi connectivity index (χ4n) is 3.30. The molecule has 0 unspecified atom stereocenters. The summed E-state index contributed by atoms with van der Waals surface area (Å²) in [6.07, 6.45) is 0. The van der Waals surface area contributed by atoms with Gasteiger partial charge in [-0.1, -0.05) is 24.8 Å². The van der Waals surface area contributed by atoms with Crippen molar-refractivity contribution < 1.29 is 14.3 Å². The molecule has 2 amide bonds. The summed E-state index contributed by atoms with van der Waals surface area (Å²) in [4.78, 5) is 28.6. The van der Waals surface area contributed by atoms with Gasteiger partial charge in [-0.2, -0.15) is 0 Å². The molecule has 6 nitrogen and oxygen atoms in total. The Morgan fingerprint density at radius 2 is 1.88 bits per heavy atom. The van der Waals surface area contributed by atoms with E-state index in [0.29, 0.717) is 17.8 Å². The Morgan fingerprint density at radius 3 is 2.52 bits per heavy atom. The summed E-state index contributed by atoms with van der Waals surface area (Å²) in [5.41, 5.74) is 1.83. The van der Waals surface area contributed by atoms with Gasteiger partial charge in [0.1, 0.15) is 6.54 Å². The minimum absolute atomic E-state index is 0.00840. The highest BCUT2D eigenvalue weighted by atomic mass is 16.5. The molecule has 2 aliphatic heterocycles. The van der Waals surface area contributed by atoms with E-state index in [9.17, 15) is 9.59 Å². The molecule has 1 saturated heterocycles. The van der Waals surface area contributed by atoms with Crippen molar-refractivity contribution in [3.63, 3.8) is 0 Å². The van der Waals surface area contributed by atoms with Gasteiger partial charge in [-0.3, -0.25) is 19.4 Å². The van der Waals surface area contributed by atoms with Gasteiger partial charge in [0.05, 0.1) is 13.2 Å². The molecule has 1 fully saturated rings. The van der Waals surface area contributed by atoms with Crippen molar-refractivity contribution in [3.05, 3.63) is 42.0 Å². The fourth-order valence-corrected chi connectivity index (χ4v) is 3.30. The fraction of sp³-hybridized carbons (Fsp3) is 0.474. The number of hydrogen-bond donors (Lipinski definition) is 1. The lowest BCUT2D eigenvalue weighted by atomic mass is 10.0. The van der Waals surface area contributed by atoms with Crippen LogP contribution < -0.4 is 5.32 Å². The predicted octanol–water partition coefficient (Wildman–Crippen LogP) is 1.34. The number of morpholine rings is 1. The molecular formula is C19H25N3O3. The first-order valence-electron chi connectivity index (χ1n) is 8.60. The summed E-state index contributed by atoms with van der Waals surface area (Å²) in [5, 5.41) is 2.96. The standard InChI is InChI=1S/C19H25N3O3/c1-14-15-6-4-5-7-16(15)18(24)22(14)12-17(23)20-13-19(2,3)21-8-10-25-11-9-21/h4-7H,1,8-13H2,2-3H3,(H,20,23). The second-order valence-corrected chi connectivity index (χ2v) is 7.07. The molecule has 1 aromatic carbocycles. The van der Waals surface area contributed by atoms with E-state index in [0.717, 1.165) is 31.9 Å². The Labute approximate surface area is 148 Å². The molecule has 3 rings (SSSR count). The van der Waals surface area contributed by atoms with Gasteiger partial charge in [-0.05, 0) is 19.9 Å². The van der Waals surface area contributed by atoms with Crippen LogP contribution in [0.25, 0.3) is 5.70 Å². The number of nitrogens with one attached hydrogen (secondary N) is 1. The number of hydrogen-bond acceptors (Lipinski definition) is 4. The molecule has 2 aliphatic rings. The van der Waals surface area contributed by atoms with Crippen molar-refractivity contribution in [2.24, 2.45) is 0 Å². The number of amides is 2. The maximum atomic E-state index is 12.5. The van der Waals surface area contributed by atoms with E-state index >= 15 is 0 Å². The van der Waals surface area contributed by atoms with Gasteiger partial charge < -0.3 is 10.1 Å². The SMILES string of the molecule is C=C1c2ccccc2C(=O)N1CC(=O)NCC(C)(C)N1CCOCC1. The molecule has 0 radical (unpaired) electrons. The van der Waals surface area contributed by atoms with Crippen molar-refractivity contribution in [1.82, 2.24) is 15.1 Å². The molecule has 0 saturated carbocycles. The maximum absolute atomic E-state index is 12.5. The van der Waals surface area contributed by atoms with Crippen molar-refractivity contribution in [2.45, 2.75) is 19.4 Å². The van der Waals surface area contributed by atoms with Crippen LogP contribution in [0.1, 0.15) is 29.8 Å². The largest absolute Gasteiger partial charge is 0.379 e. The maximum Gasteiger partial charge on any atom is 0.259 e. The van der Waals surface area contributed by atoms with Gasteiger partial charge in [0.15, 0.2) is 0 Å². The second-order valence-electron chi connectivity index (χ2n) is 7.07. The number of carbonyl (C=O) groups excluding carboxylic acids is 2. The van der Waals surface area contributed by atoms with E-state index < -0.39 is 0 Å².